The molecule has 1 saturated heterocycles. The van der Waals surface area contributed by atoms with Crippen LogP contribution >= 0.6 is 0 Å². The number of alkyl halides is 3. The van der Waals surface area contributed by atoms with Crippen molar-refractivity contribution in [3.8, 4) is 0 Å². The predicted octanol–water partition coefficient (Wildman–Crippen LogP) is 2.62. The Bertz CT molecular complexity index is 702. The van der Waals surface area contributed by atoms with Crippen LogP contribution in [0.4, 0.5) is 13.2 Å². The van der Waals surface area contributed by atoms with Crippen LogP contribution in [0.5, 0.6) is 0 Å². The molecular weight excluding hydrogens is 333 g/mol. The molecule has 0 spiro atoms. The molecule has 3 atom stereocenters. The summed E-state index contributed by atoms with van der Waals surface area (Å²) in [5.41, 5.74) is -0.320. The number of rotatable bonds is 3. The average Bonchev–Trinajstić information content (AvgIpc) is 3.14. The third-order valence-corrected chi connectivity index (χ3v) is 5.24. The number of hydrogen-bond donors (Lipinski definition) is 2. The number of likely N-dealkylation sites (tertiary alicyclic amines) is 1. The van der Waals surface area contributed by atoms with E-state index in [1.807, 2.05) is 0 Å². The quantitative estimate of drug-likeness (QED) is 0.498. The molecule has 1 aliphatic heterocycles. The molecule has 1 aliphatic carbocycles. The van der Waals surface area contributed by atoms with E-state index in [9.17, 15) is 18.0 Å². The normalized spacial score (nSPS) is 26.6. The summed E-state index contributed by atoms with van der Waals surface area (Å²) < 4.78 is 39.7. The first kappa shape index (κ1) is 17.4. The van der Waals surface area contributed by atoms with Crippen LogP contribution in [0.25, 0.3) is 0 Å². The minimum Gasteiger partial charge on any atom is -0.337 e. The number of hydrazone groups is 1. The largest absolute Gasteiger partial charge is 0.416 e. The topological polar surface area (TPSA) is 82.5 Å². The first-order chi connectivity index (χ1) is 11.8. The first-order valence-electron chi connectivity index (χ1n) is 8.09. The van der Waals surface area contributed by atoms with Gasteiger partial charge in [0, 0.05) is 13.1 Å². The molecule has 3 N–H and O–H groups in total. The molecule has 1 aromatic carbocycles. The minimum absolute atomic E-state index is 0.112. The molecule has 0 aromatic heterocycles. The number of carbonyl (C=O) groups is 1. The van der Waals surface area contributed by atoms with E-state index in [0.29, 0.717) is 31.5 Å². The second-order valence-corrected chi connectivity index (χ2v) is 6.64. The SMILES string of the molecule is N=CC(=NN)C(=O)N1C[C@H]2CC(c3ccccc3C(F)(F)F)C[C@H]2C1. The lowest BCUT2D eigenvalue weighted by molar-refractivity contribution is -0.138. The maximum Gasteiger partial charge on any atom is 0.416 e. The highest BCUT2D eigenvalue weighted by atomic mass is 19.4. The zero-order valence-electron chi connectivity index (χ0n) is 13.5. The minimum atomic E-state index is -4.35. The Morgan fingerprint density at radius 2 is 1.84 bits per heavy atom. The van der Waals surface area contributed by atoms with Gasteiger partial charge in [0.1, 0.15) is 0 Å². The van der Waals surface area contributed by atoms with Gasteiger partial charge in [0.05, 0.1) is 11.8 Å². The zero-order valence-corrected chi connectivity index (χ0v) is 13.5. The Morgan fingerprint density at radius 1 is 1.24 bits per heavy atom. The van der Waals surface area contributed by atoms with Crippen LogP contribution in [0, 0.1) is 17.2 Å². The van der Waals surface area contributed by atoms with E-state index < -0.39 is 11.7 Å². The molecule has 3 rings (SSSR count). The van der Waals surface area contributed by atoms with Gasteiger partial charge in [0.2, 0.25) is 0 Å². The molecule has 1 aromatic rings. The van der Waals surface area contributed by atoms with Gasteiger partial charge in [0.15, 0.2) is 5.71 Å². The molecule has 1 amide bonds. The summed E-state index contributed by atoms with van der Waals surface area (Å²) in [6.07, 6.45) is -2.28. The number of hydrogen-bond acceptors (Lipinski definition) is 4. The summed E-state index contributed by atoms with van der Waals surface area (Å²) in [6, 6.07) is 5.75. The van der Waals surface area contributed by atoms with Crippen LogP contribution in [0.2, 0.25) is 0 Å². The Labute approximate surface area is 143 Å². The highest BCUT2D eigenvalue weighted by Gasteiger charge is 2.45. The molecular formula is C17H19F3N4O. The molecule has 134 valence electrons. The Morgan fingerprint density at radius 3 is 2.36 bits per heavy atom. The summed E-state index contributed by atoms with van der Waals surface area (Å²) in [4.78, 5) is 13.8. The van der Waals surface area contributed by atoms with Crippen molar-refractivity contribution in [3.05, 3.63) is 35.4 Å². The van der Waals surface area contributed by atoms with E-state index in [1.165, 1.54) is 6.07 Å². The van der Waals surface area contributed by atoms with Gasteiger partial charge in [-0.25, -0.2) is 0 Å². The van der Waals surface area contributed by atoms with Gasteiger partial charge in [-0.1, -0.05) is 18.2 Å². The fourth-order valence-electron chi connectivity index (χ4n) is 4.15. The molecule has 2 aliphatic rings. The number of nitrogens with zero attached hydrogens (tertiary/aromatic N) is 2. The number of fused-ring (bicyclic) bond motifs is 1. The fraction of sp³-hybridized carbons (Fsp3) is 0.471. The molecule has 5 nitrogen and oxygen atoms in total. The second-order valence-electron chi connectivity index (χ2n) is 6.64. The van der Waals surface area contributed by atoms with Gasteiger partial charge in [0.25, 0.3) is 5.91 Å². The van der Waals surface area contributed by atoms with E-state index in [1.54, 1.807) is 17.0 Å². The van der Waals surface area contributed by atoms with Crippen molar-refractivity contribution in [3.63, 3.8) is 0 Å². The van der Waals surface area contributed by atoms with Gasteiger partial charge in [-0.15, -0.1) is 0 Å². The van der Waals surface area contributed by atoms with Crippen LogP contribution in [0.15, 0.2) is 29.4 Å². The summed E-state index contributed by atoms with van der Waals surface area (Å²) in [5.74, 6) is 4.91. The van der Waals surface area contributed by atoms with Crippen molar-refractivity contribution < 1.29 is 18.0 Å². The Balaban J connectivity index is 1.73. The molecule has 25 heavy (non-hydrogen) atoms. The molecule has 0 bridgehead atoms. The summed E-state index contributed by atoms with van der Waals surface area (Å²) in [7, 11) is 0. The van der Waals surface area contributed by atoms with Gasteiger partial charge in [-0.3, -0.25) is 4.79 Å². The van der Waals surface area contributed by atoms with Crippen LogP contribution in [0.1, 0.15) is 29.9 Å². The van der Waals surface area contributed by atoms with Crippen molar-refractivity contribution >= 4 is 17.8 Å². The summed E-state index contributed by atoms with van der Waals surface area (Å²) >= 11 is 0. The maximum atomic E-state index is 13.2. The third kappa shape index (κ3) is 3.25. The number of amides is 1. The number of nitrogens with two attached hydrogens (primary N) is 1. The third-order valence-electron chi connectivity index (χ3n) is 5.24. The van der Waals surface area contributed by atoms with E-state index in [-0.39, 0.29) is 29.4 Å². The number of benzene rings is 1. The first-order valence-corrected chi connectivity index (χ1v) is 8.09. The predicted molar refractivity (Wildman–Crippen MR) is 87.4 cm³/mol. The lowest BCUT2D eigenvalue weighted by Gasteiger charge is -2.21. The van der Waals surface area contributed by atoms with Crippen LogP contribution < -0.4 is 5.84 Å². The van der Waals surface area contributed by atoms with E-state index in [4.69, 9.17) is 11.3 Å². The van der Waals surface area contributed by atoms with Crippen molar-refractivity contribution in [2.75, 3.05) is 13.1 Å². The van der Waals surface area contributed by atoms with Crippen molar-refractivity contribution in [2.45, 2.75) is 24.9 Å². The highest BCUT2D eigenvalue weighted by Crippen LogP contribution is 2.48. The van der Waals surface area contributed by atoms with Gasteiger partial charge >= 0.3 is 6.18 Å². The Kier molecular flexibility index (Phi) is 4.53. The lowest BCUT2D eigenvalue weighted by atomic mass is 9.91. The fourth-order valence-corrected chi connectivity index (χ4v) is 4.15. The highest BCUT2D eigenvalue weighted by molar-refractivity contribution is 6.60. The summed E-state index contributed by atoms with van der Waals surface area (Å²) in [6.45, 7) is 0.947. The van der Waals surface area contributed by atoms with Gasteiger partial charge < -0.3 is 16.2 Å². The maximum absolute atomic E-state index is 13.2. The summed E-state index contributed by atoms with van der Waals surface area (Å²) in [5, 5.41) is 10.5. The van der Waals surface area contributed by atoms with E-state index >= 15 is 0 Å². The van der Waals surface area contributed by atoms with Crippen LogP contribution in [0.3, 0.4) is 0 Å². The van der Waals surface area contributed by atoms with E-state index in [0.717, 1.165) is 12.3 Å². The van der Waals surface area contributed by atoms with Gasteiger partial charge in [-0.2, -0.15) is 18.3 Å². The number of nitrogens with one attached hydrogen (secondary N) is 1. The van der Waals surface area contributed by atoms with Crippen molar-refractivity contribution in [1.29, 1.82) is 5.41 Å². The average molecular weight is 352 g/mol. The monoisotopic (exact) mass is 352 g/mol. The lowest BCUT2D eigenvalue weighted by Crippen LogP contribution is -2.36. The van der Waals surface area contributed by atoms with E-state index in [2.05, 4.69) is 5.10 Å². The number of halogens is 3. The molecule has 1 saturated carbocycles. The molecule has 2 fully saturated rings. The number of carbonyl (C=O) groups excluding carboxylic acids is 1. The molecule has 1 unspecified atom stereocenters. The molecule has 8 heteroatoms. The molecule has 0 radical (unpaired) electrons. The van der Waals surface area contributed by atoms with Crippen molar-refractivity contribution in [2.24, 2.45) is 22.8 Å². The van der Waals surface area contributed by atoms with Crippen LogP contribution in [-0.4, -0.2) is 35.8 Å². The van der Waals surface area contributed by atoms with Gasteiger partial charge in [-0.05, 0) is 42.2 Å². The van der Waals surface area contributed by atoms with Crippen molar-refractivity contribution in [1.82, 2.24) is 4.90 Å². The zero-order chi connectivity index (χ0) is 18.2. The Hall–Kier alpha value is -2.38. The standard InChI is InChI=1S/C17H19F3N4O/c18-17(19,20)14-4-2-1-3-13(14)10-5-11-8-24(9-12(11)6-10)16(25)15(7-21)23-22/h1-4,7,10-12,21H,5-6,8-9,22H2/t10?,11-,12+. The molecule has 1 heterocycles. The smallest absolute Gasteiger partial charge is 0.337 e. The second kappa shape index (κ2) is 6.50. The van der Waals surface area contributed by atoms with Crippen LogP contribution in [-0.2, 0) is 11.0 Å².